The van der Waals surface area contributed by atoms with Crippen molar-refractivity contribution in [1.29, 1.82) is 0 Å². The Bertz CT molecular complexity index is 483. The molecule has 2 rings (SSSR count). The Morgan fingerprint density at radius 3 is 2.60 bits per heavy atom. The quantitative estimate of drug-likeness (QED) is 0.847. The first kappa shape index (κ1) is 15.5. The minimum Gasteiger partial charge on any atom is -0.482 e. The average molecular weight is 316 g/mol. The fourth-order valence-electron chi connectivity index (χ4n) is 2.69. The lowest BCUT2D eigenvalue weighted by Gasteiger charge is -2.34. The summed E-state index contributed by atoms with van der Waals surface area (Å²) in [5.41, 5.74) is 0. The van der Waals surface area contributed by atoms with E-state index in [1.807, 2.05) is 4.90 Å². The maximum absolute atomic E-state index is 12.2. The van der Waals surface area contributed by atoms with Gasteiger partial charge in [-0.15, -0.1) is 0 Å². The van der Waals surface area contributed by atoms with Gasteiger partial charge in [0.15, 0.2) is 6.61 Å². The molecule has 1 saturated heterocycles. The van der Waals surface area contributed by atoms with Crippen molar-refractivity contribution in [2.24, 2.45) is 11.8 Å². The molecule has 5 heteroatoms. The minimum atomic E-state index is -0.000517. The first-order valence-electron chi connectivity index (χ1n) is 6.82. The molecule has 0 radical (unpaired) electrons. The monoisotopic (exact) mass is 315 g/mol. The molecular weight excluding hydrogens is 297 g/mol. The van der Waals surface area contributed by atoms with Gasteiger partial charge in [0.1, 0.15) is 10.8 Å². The van der Waals surface area contributed by atoms with Gasteiger partial charge < -0.3 is 9.64 Å². The molecule has 1 amide bonds. The van der Waals surface area contributed by atoms with Crippen molar-refractivity contribution in [2.75, 3.05) is 19.7 Å². The van der Waals surface area contributed by atoms with Crippen molar-refractivity contribution in [3.05, 3.63) is 28.2 Å². The maximum Gasteiger partial charge on any atom is 0.260 e. The van der Waals surface area contributed by atoms with Crippen LogP contribution in [0.2, 0.25) is 10.0 Å². The molecule has 2 atom stereocenters. The van der Waals surface area contributed by atoms with Gasteiger partial charge in [0.25, 0.3) is 5.91 Å². The van der Waals surface area contributed by atoms with Crippen molar-refractivity contribution in [1.82, 2.24) is 4.90 Å². The highest BCUT2D eigenvalue weighted by atomic mass is 35.5. The van der Waals surface area contributed by atoms with Crippen molar-refractivity contribution in [2.45, 2.75) is 20.3 Å². The van der Waals surface area contributed by atoms with Crippen molar-refractivity contribution < 1.29 is 9.53 Å². The summed E-state index contributed by atoms with van der Waals surface area (Å²) >= 11 is 11.9. The summed E-state index contributed by atoms with van der Waals surface area (Å²) in [7, 11) is 0. The van der Waals surface area contributed by atoms with Crippen LogP contribution in [-0.2, 0) is 4.79 Å². The molecule has 2 unspecified atom stereocenters. The van der Waals surface area contributed by atoms with Crippen LogP contribution >= 0.6 is 23.2 Å². The normalized spacial score (nSPS) is 22.7. The van der Waals surface area contributed by atoms with E-state index in [9.17, 15) is 4.79 Å². The highest BCUT2D eigenvalue weighted by Gasteiger charge is 2.25. The molecule has 1 fully saturated rings. The molecule has 0 aromatic heterocycles. The van der Waals surface area contributed by atoms with Crippen LogP contribution in [0, 0.1) is 11.8 Å². The second kappa shape index (κ2) is 6.68. The molecule has 0 aliphatic carbocycles. The topological polar surface area (TPSA) is 29.5 Å². The zero-order chi connectivity index (χ0) is 14.7. The number of rotatable bonds is 3. The van der Waals surface area contributed by atoms with Gasteiger partial charge in [-0.25, -0.2) is 0 Å². The first-order valence-corrected chi connectivity index (χ1v) is 7.57. The summed E-state index contributed by atoms with van der Waals surface area (Å²) in [5, 5.41) is 0.777. The van der Waals surface area contributed by atoms with E-state index in [4.69, 9.17) is 27.9 Å². The molecule has 1 heterocycles. The fraction of sp³-hybridized carbons (Fsp3) is 0.533. The lowest BCUT2D eigenvalue weighted by molar-refractivity contribution is -0.136. The molecule has 0 N–H and O–H groups in total. The van der Waals surface area contributed by atoms with Gasteiger partial charge in [0.2, 0.25) is 0 Å². The number of carbonyl (C=O) groups excluding carboxylic acids is 1. The number of halogens is 2. The van der Waals surface area contributed by atoms with E-state index < -0.39 is 0 Å². The predicted molar refractivity (Wildman–Crippen MR) is 81.5 cm³/mol. The number of nitrogens with zero attached hydrogens (tertiary/aromatic N) is 1. The van der Waals surface area contributed by atoms with Crippen LogP contribution in [-0.4, -0.2) is 30.5 Å². The van der Waals surface area contributed by atoms with E-state index >= 15 is 0 Å². The van der Waals surface area contributed by atoms with E-state index in [0.29, 0.717) is 27.6 Å². The maximum atomic E-state index is 12.2. The van der Waals surface area contributed by atoms with Gasteiger partial charge in [0.05, 0.1) is 5.02 Å². The molecule has 0 spiro atoms. The van der Waals surface area contributed by atoms with E-state index in [1.54, 1.807) is 18.2 Å². The Kier molecular flexibility index (Phi) is 5.17. The van der Waals surface area contributed by atoms with Crippen LogP contribution in [0.3, 0.4) is 0 Å². The molecule has 0 saturated carbocycles. The van der Waals surface area contributed by atoms with Gasteiger partial charge in [-0.05, 0) is 30.4 Å². The third kappa shape index (κ3) is 3.80. The molecule has 20 heavy (non-hydrogen) atoms. The average Bonchev–Trinajstić information content (AvgIpc) is 2.39. The Morgan fingerprint density at radius 2 is 1.95 bits per heavy atom. The first-order chi connectivity index (χ1) is 9.47. The van der Waals surface area contributed by atoms with Gasteiger partial charge in [-0.3, -0.25) is 4.79 Å². The molecule has 1 aromatic carbocycles. The number of hydrogen-bond acceptors (Lipinski definition) is 2. The minimum absolute atomic E-state index is 0.000494. The summed E-state index contributed by atoms with van der Waals surface area (Å²) < 4.78 is 5.50. The molecule has 1 aliphatic rings. The van der Waals surface area contributed by atoms with Crippen molar-refractivity contribution in [3.63, 3.8) is 0 Å². The van der Waals surface area contributed by atoms with E-state index in [1.165, 1.54) is 6.42 Å². The van der Waals surface area contributed by atoms with Gasteiger partial charge in [-0.2, -0.15) is 0 Å². The zero-order valence-electron chi connectivity index (χ0n) is 11.7. The number of carbonyl (C=O) groups is 1. The largest absolute Gasteiger partial charge is 0.482 e. The standard InChI is InChI=1S/C15H19Cl2NO2/c1-10-6-11(2)8-18(7-10)14(19)9-20-13-5-3-4-12(16)15(13)17/h3-5,10-11H,6-9H2,1-2H3. The Balaban J connectivity index is 1.93. The molecule has 3 nitrogen and oxygen atoms in total. The Labute approximate surface area is 129 Å². The molecule has 1 aliphatic heterocycles. The predicted octanol–water partition coefficient (Wildman–Crippen LogP) is 3.88. The molecule has 110 valence electrons. The van der Waals surface area contributed by atoms with Gasteiger partial charge in [-0.1, -0.05) is 43.1 Å². The van der Waals surface area contributed by atoms with Crippen molar-refractivity contribution in [3.8, 4) is 5.75 Å². The number of likely N-dealkylation sites (tertiary alicyclic amines) is 1. The van der Waals surface area contributed by atoms with Crippen LogP contribution in [0.5, 0.6) is 5.75 Å². The molecule has 0 bridgehead atoms. The van der Waals surface area contributed by atoms with Crippen LogP contribution in [0.4, 0.5) is 0 Å². The number of hydrogen-bond donors (Lipinski definition) is 0. The fourth-order valence-corrected chi connectivity index (χ4v) is 3.04. The highest BCUT2D eigenvalue weighted by Crippen LogP contribution is 2.31. The van der Waals surface area contributed by atoms with Crippen LogP contribution in [0.25, 0.3) is 0 Å². The van der Waals surface area contributed by atoms with E-state index in [0.717, 1.165) is 13.1 Å². The lowest BCUT2D eigenvalue weighted by Crippen LogP contribution is -2.44. The number of amides is 1. The number of ether oxygens (including phenoxy) is 1. The third-order valence-corrected chi connectivity index (χ3v) is 4.29. The van der Waals surface area contributed by atoms with Crippen LogP contribution in [0.15, 0.2) is 18.2 Å². The zero-order valence-corrected chi connectivity index (χ0v) is 13.2. The number of benzene rings is 1. The Hall–Kier alpha value is -0.930. The van der Waals surface area contributed by atoms with Crippen LogP contribution in [0.1, 0.15) is 20.3 Å². The smallest absolute Gasteiger partial charge is 0.260 e. The molecule has 1 aromatic rings. The molecular formula is C15H19Cl2NO2. The van der Waals surface area contributed by atoms with E-state index in [-0.39, 0.29) is 12.5 Å². The van der Waals surface area contributed by atoms with Crippen LogP contribution < -0.4 is 4.74 Å². The van der Waals surface area contributed by atoms with Crippen molar-refractivity contribution >= 4 is 29.1 Å². The summed E-state index contributed by atoms with van der Waals surface area (Å²) in [6.45, 7) is 5.94. The van der Waals surface area contributed by atoms with Gasteiger partial charge >= 0.3 is 0 Å². The summed E-state index contributed by atoms with van der Waals surface area (Å²) in [5.74, 6) is 1.53. The second-order valence-corrected chi connectivity index (χ2v) is 6.37. The second-order valence-electron chi connectivity index (χ2n) is 5.59. The van der Waals surface area contributed by atoms with Gasteiger partial charge in [0, 0.05) is 13.1 Å². The lowest BCUT2D eigenvalue weighted by atomic mass is 9.92. The Morgan fingerprint density at radius 1 is 1.30 bits per heavy atom. The number of piperidine rings is 1. The summed E-state index contributed by atoms with van der Waals surface area (Å²) in [4.78, 5) is 14.1. The SMILES string of the molecule is CC1CC(C)CN(C(=O)COc2cccc(Cl)c2Cl)C1. The third-order valence-electron chi connectivity index (χ3n) is 3.49. The summed E-state index contributed by atoms with van der Waals surface area (Å²) in [6, 6.07) is 5.15. The van der Waals surface area contributed by atoms with E-state index in [2.05, 4.69) is 13.8 Å². The summed E-state index contributed by atoms with van der Waals surface area (Å²) in [6.07, 6.45) is 1.17. The highest BCUT2D eigenvalue weighted by molar-refractivity contribution is 6.42.